The van der Waals surface area contributed by atoms with Gasteiger partial charge in [-0.25, -0.2) is 4.79 Å². The molecule has 0 aliphatic rings. The van der Waals surface area contributed by atoms with Crippen molar-refractivity contribution >= 4 is 5.97 Å². The van der Waals surface area contributed by atoms with Crippen molar-refractivity contribution in [3.63, 3.8) is 0 Å². The van der Waals surface area contributed by atoms with Gasteiger partial charge in [-0.15, -0.1) is 0 Å². The molecule has 0 unspecified atom stereocenters. The molecule has 0 aliphatic carbocycles. The summed E-state index contributed by atoms with van der Waals surface area (Å²) in [5, 5.41) is 47.2. The maximum atomic E-state index is 12.1. The number of benzene rings is 1. The lowest BCUT2D eigenvalue weighted by molar-refractivity contribution is -0.124. The van der Waals surface area contributed by atoms with Gasteiger partial charge in [-0.1, -0.05) is 64.7 Å². The number of carbonyl (C=O) groups is 1. The summed E-state index contributed by atoms with van der Waals surface area (Å²) in [6.45, 7) is 1.49. The van der Waals surface area contributed by atoms with Crippen molar-refractivity contribution in [3.8, 4) is 5.75 Å². The molecule has 1 aromatic carbocycles. The van der Waals surface area contributed by atoms with Crippen molar-refractivity contribution in [2.24, 2.45) is 0 Å². The van der Waals surface area contributed by atoms with Gasteiger partial charge in [0.25, 0.3) is 0 Å². The highest BCUT2D eigenvalue weighted by Gasteiger charge is 2.30. The standard InChI is InChI=1S/C25H42O8/c1-2-3-4-5-6-7-8-9-10-11-16-32-20-14-12-19(13-15-20)25(31)33-18-22(28)24(30)23(29)21(27)17-26/h12-15,21-24,26-30H,2-11,16-18H2,1H3/t21-,22+,23+,24+/m0/s1. The Kier molecular flexibility index (Phi) is 15.7. The number of aliphatic hydroxyl groups is 5. The van der Waals surface area contributed by atoms with Gasteiger partial charge in [-0.3, -0.25) is 0 Å². The first-order chi connectivity index (χ1) is 15.9. The van der Waals surface area contributed by atoms with Crippen LogP contribution in [-0.4, -0.2) is 75.7 Å². The molecule has 0 aromatic heterocycles. The molecule has 190 valence electrons. The Labute approximate surface area is 197 Å². The number of aliphatic hydroxyl groups excluding tert-OH is 5. The second kappa shape index (κ2) is 17.7. The lowest BCUT2D eigenvalue weighted by Gasteiger charge is -2.25. The maximum Gasteiger partial charge on any atom is 0.338 e. The van der Waals surface area contributed by atoms with E-state index in [4.69, 9.17) is 14.6 Å². The summed E-state index contributed by atoms with van der Waals surface area (Å²) in [4.78, 5) is 12.1. The summed E-state index contributed by atoms with van der Waals surface area (Å²) < 4.78 is 10.6. The zero-order valence-corrected chi connectivity index (χ0v) is 19.8. The van der Waals surface area contributed by atoms with Gasteiger partial charge in [0.15, 0.2) is 0 Å². The third-order valence-corrected chi connectivity index (χ3v) is 5.57. The molecule has 33 heavy (non-hydrogen) atoms. The molecule has 8 heteroatoms. The molecule has 8 nitrogen and oxygen atoms in total. The second-order valence-corrected chi connectivity index (χ2v) is 8.45. The number of rotatable bonds is 19. The van der Waals surface area contributed by atoms with E-state index in [1.165, 1.54) is 51.4 Å². The molecule has 4 atom stereocenters. The average molecular weight is 471 g/mol. The Hall–Kier alpha value is -1.71. The minimum atomic E-state index is -1.78. The summed E-state index contributed by atoms with van der Waals surface area (Å²) in [6.07, 6.45) is 5.81. The van der Waals surface area contributed by atoms with Crippen molar-refractivity contribution in [1.82, 2.24) is 0 Å². The first kappa shape index (κ1) is 29.3. The van der Waals surface area contributed by atoms with Crippen molar-refractivity contribution in [3.05, 3.63) is 29.8 Å². The number of ether oxygens (including phenoxy) is 2. The number of unbranched alkanes of at least 4 members (excludes halogenated alkanes) is 9. The van der Waals surface area contributed by atoms with Gasteiger partial charge in [0, 0.05) is 0 Å². The Morgan fingerprint density at radius 1 is 0.788 bits per heavy atom. The van der Waals surface area contributed by atoms with E-state index < -0.39 is 43.6 Å². The first-order valence-electron chi connectivity index (χ1n) is 12.1. The van der Waals surface area contributed by atoms with Crippen LogP contribution >= 0.6 is 0 Å². The van der Waals surface area contributed by atoms with Crippen LogP contribution in [0.4, 0.5) is 0 Å². The number of hydrogen-bond acceptors (Lipinski definition) is 8. The molecule has 0 aliphatic heterocycles. The van der Waals surface area contributed by atoms with E-state index in [0.717, 1.165) is 12.8 Å². The van der Waals surface area contributed by atoms with Crippen LogP contribution in [0.2, 0.25) is 0 Å². The van der Waals surface area contributed by atoms with E-state index in [0.29, 0.717) is 12.4 Å². The lowest BCUT2D eigenvalue weighted by atomic mass is 10.0. The molecule has 0 radical (unpaired) electrons. The van der Waals surface area contributed by atoms with E-state index in [1.807, 2.05) is 0 Å². The number of esters is 1. The molecule has 1 rings (SSSR count). The van der Waals surface area contributed by atoms with E-state index in [1.54, 1.807) is 24.3 Å². The van der Waals surface area contributed by atoms with Gasteiger partial charge in [-0.05, 0) is 30.7 Å². The van der Waals surface area contributed by atoms with Crippen molar-refractivity contribution in [2.45, 2.75) is 95.5 Å². The fraction of sp³-hybridized carbons (Fsp3) is 0.720. The highest BCUT2D eigenvalue weighted by molar-refractivity contribution is 5.89. The first-order valence-corrected chi connectivity index (χ1v) is 12.1. The molecule has 0 amide bonds. The Morgan fingerprint density at radius 3 is 1.85 bits per heavy atom. The molecule has 0 heterocycles. The Morgan fingerprint density at radius 2 is 1.30 bits per heavy atom. The van der Waals surface area contributed by atoms with Crippen molar-refractivity contribution in [2.75, 3.05) is 19.8 Å². The van der Waals surface area contributed by atoms with Gasteiger partial charge in [0.1, 0.15) is 36.8 Å². The molecular formula is C25H42O8. The predicted octanol–water partition coefficient (Wildman–Crippen LogP) is 2.58. The molecular weight excluding hydrogens is 428 g/mol. The molecule has 0 fully saturated rings. The molecule has 0 saturated heterocycles. The van der Waals surface area contributed by atoms with Crippen LogP contribution in [0.5, 0.6) is 5.75 Å². The average Bonchev–Trinajstić information content (AvgIpc) is 2.84. The van der Waals surface area contributed by atoms with Crippen molar-refractivity contribution in [1.29, 1.82) is 0 Å². The van der Waals surface area contributed by atoms with Gasteiger partial charge >= 0.3 is 5.97 Å². The SMILES string of the molecule is CCCCCCCCCCCCOc1ccc(C(=O)OC[C@@H](O)[C@@H](O)[C@H](O)[C@@H](O)CO)cc1. The highest BCUT2D eigenvalue weighted by Crippen LogP contribution is 2.15. The minimum absolute atomic E-state index is 0.249. The summed E-state index contributed by atoms with van der Waals surface area (Å²) in [5.41, 5.74) is 0.249. The van der Waals surface area contributed by atoms with Gasteiger partial charge in [0.2, 0.25) is 0 Å². The minimum Gasteiger partial charge on any atom is -0.494 e. The topological polar surface area (TPSA) is 137 Å². The van der Waals surface area contributed by atoms with Crippen molar-refractivity contribution < 1.29 is 39.8 Å². The third kappa shape index (κ3) is 12.4. The largest absolute Gasteiger partial charge is 0.494 e. The van der Waals surface area contributed by atoms with Crippen LogP contribution in [0.25, 0.3) is 0 Å². The third-order valence-electron chi connectivity index (χ3n) is 5.57. The fourth-order valence-electron chi connectivity index (χ4n) is 3.37. The van der Waals surface area contributed by atoms with E-state index in [9.17, 15) is 25.2 Å². The van der Waals surface area contributed by atoms with Crippen LogP contribution in [0, 0.1) is 0 Å². The Bertz CT molecular complexity index is 621. The maximum absolute atomic E-state index is 12.1. The predicted molar refractivity (Wildman–Crippen MR) is 125 cm³/mol. The van der Waals surface area contributed by atoms with Crippen LogP contribution in [0.1, 0.15) is 81.5 Å². The smallest absolute Gasteiger partial charge is 0.338 e. The molecule has 5 N–H and O–H groups in total. The Balaban J connectivity index is 2.20. The quantitative estimate of drug-likeness (QED) is 0.154. The zero-order valence-electron chi connectivity index (χ0n) is 19.8. The molecule has 0 bridgehead atoms. The monoisotopic (exact) mass is 470 g/mol. The molecule has 0 spiro atoms. The summed E-state index contributed by atoms with van der Waals surface area (Å²) >= 11 is 0. The lowest BCUT2D eigenvalue weighted by Crippen LogP contribution is -2.47. The second-order valence-electron chi connectivity index (χ2n) is 8.45. The van der Waals surface area contributed by atoms with Gasteiger partial charge in [0.05, 0.1) is 18.8 Å². The van der Waals surface area contributed by atoms with E-state index in [-0.39, 0.29) is 5.56 Å². The van der Waals surface area contributed by atoms with E-state index in [2.05, 4.69) is 6.92 Å². The molecule has 1 aromatic rings. The number of carbonyl (C=O) groups excluding carboxylic acids is 1. The highest BCUT2D eigenvalue weighted by atomic mass is 16.5. The van der Waals surface area contributed by atoms with Crippen LogP contribution in [0.15, 0.2) is 24.3 Å². The summed E-state index contributed by atoms with van der Waals surface area (Å²) in [7, 11) is 0. The normalized spacial score (nSPS) is 15.0. The zero-order chi connectivity index (χ0) is 24.5. The molecule has 0 saturated carbocycles. The van der Waals surface area contributed by atoms with Crippen LogP contribution in [0.3, 0.4) is 0 Å². The number of hydrogen-bond donors (Lipinski definition) is 5. The van der Waals surface area contributed by atoms with Gasteiger partial charge < -0.3 is 35.0 Å². The fourth-order valence-corrected chi connectivity index (χ4v) is 3.37. The van der Waals surface area contributed by atoms with E-state index >= 15 is 0 Å². The van der Waals surface area contributed by atoms with Crippen LogP contribution in [-0.2, 0) is 4.74 Å². The summed E-state index contributed by atoms with van der Waals surface area (Å²) in [6, 6.07) is 6.42. The van der Waals surface area contributed by atoms with Crippen LogP contribution < -0.4 is 4.74 Å². The van der Waals surface area contributed by atoms with Gasteiger partial charge in [-0.2, -0.15) is 0 Å². The summed E-state index contributed by atoms with van der Waals surface area (Å²) in [5.74, 6) is -0.0567.